The average Bonchev–Trinajstić information content (AvgIpc) is 3.40. The number of nitrogens with zero attached hydrogens (tertiary/aromatic N) is 3. The van der Waals surface area contributed by atoms with Gasteiger partial charge in [-0.05, 0) is 55.3 Å². The SMILES string of the molecule is C[C@@H]1CNC(=O)CN1/C=C/[C@H]1CN(S(=O)(=O)c2cccs2)CCN1c1ccc([C@@](C)(O)C(F)(F)F)cc1. The number of carbonyl (C=O) groups is 1. The van der Waals surface area contributed by atoms with Gasteiger partial charge in [0.1, 0.15) is 4.21 Å². The van der Waals surface area contributed by atoms with Gasteiger partial charge in [0.05, 0.1) is 12.6 Å². The second-order valence-corrected chi connectivity index (χ2v) is 12.5. The number of hydrogen-bond acceptors (Lipinski definition) is 7. The van der Waals surface area contributed by atoms with Crippen LogP contribution in [0.4, 0.5) is 18.9 Å². The van der Waals surface area contributed by atoms with Crippen molar-refractivity contribution in [1.29, 1.82) is 0 Å². The summed E-state index contributed by atoms with van der Waals surface area (Å²) in [4.78, 5) is 15.7. The molecule has 0 aliphatic carbocycles. The second-order valence-electron chi connectivity index (χ2n) is 9.34. The summed E-state index contributed by atoms with van der Waals surface area (Å²) < 4.78 is 67.8. The van der Waals surface area contributed by atoms with Crippen molar-refractivity contribution in [3.8, 4) is 0 Å². The van der Waals surface area contributed by atoms with Gasteiger partial charge >= 0.3 is 6.18 Å². The van der Waals surface area contributed by atoms with Crippen LogP contribution in [0, 0.1) is 0 Å². The van der Waals surface area contributed by atoms with Gasteiger partial charge in [-0.1, -0.05) is 18.2 Å². The Morgan fingerprint density at radius 1 is 1.16 bits per heavy atom. The van der Waals surface area contributed by atoms with Crippen molar-refractivity contribution in [2.45, 2.75) is 41.9 Å². The molecule has 1 aromatic carbocycles. The fourth-order valence-electron chi connectivity index (χ4n) is 4.33. The number of rotatable bonds is 6. The molecule has 2 aliphatic rings. The zero-order valence-corrected chi connectivity index (χ0v) is 22.0. The van der Waals surface area contributed by atoms with Crippen LogP contribution < -0.4 is 10.2 Å². The first kappa shape index (κ1) is 27.4. The van der Waals surface area contributed by atoms with E-state index < -0.39 is 27.8 Å². The predicted octanol–water partition coefficient (Wildman–Crippen LogP) is 2.73. The minimum absolute atomic E-state index is 0.0424. The summed E-state index contributed by atoms with van der Waals surface area (Å²) in [5.41, 5.74) is -2.69. The van der Waals surface area contributed by atoms with Crippen LogP contribution in [0.3, 0.4) is 0 Å². The fraction of sp³-hybridized carbons (Fsp3) is 0.458. The van der Waals surface area contributed by atoms with Crippen molar-refractivity contribution in [2.24, 2.45) is 0 Å². The number of hydrogen-bond donors (Lipinski definition) is 2. The molecule has 13 heteroatoms. The molecule has 3 atom stereocenters. The quantitative estimate of drug-likeness (QED) is 0.567. The van der Waals surface area contributed by atoms with E-state index in [4.69, 9.17) is 0 Å². The highest BCUT2D eigenvalue weighted by Gasteiger charge is 2.51. The standard InChI is InChI=1S/C24H29F3N4O4S2/c1-17-14-28-21(32)16-29(17)10-9-20-15-30(37(34,35)22-4-3-13-36-22)11-12-31(20)19-7-5-18(6-8-19)23(2,33)24(25,26)27/h3-10,13,17,20,33H,11-12,14-16H2,1-2H3,(H,28,32)/b10-9+/t17-,20+,23-/m1/s1. The molecule has 8 nitrogen and oxygen atoms in total. The molecular weight excluding hydrogens is 529 g/mol. The second kappa shape index (κ2) is 10.3. The third kappa shape index (κ3) is 5.64. The van der Waals surface area contributed by atoms with Crippen LogP contribution in [-0.2, 0) is 20.4 Å². The molecule has 2 aliphatic heterocycles. The minimum Gasteiger partial charge on any atom is -0.376 e. The summed E-state index contributed by atoms with van der Waals surface area (Å²) in [7, 11) is -3.71. The molecule has 2 saturated heterocycles. The van der Waals surface area contributed by atoms with Gasteiger partial charge in [-0.15, -0.1) is 11.3 Å². The number of alkyl halides is 3. The summed E-state index contributed by atoms with van der Waals surface area (Å²) in [6.07, 6.45) is -1.23. The van der Waals surface area contributed by atoms with Crippen LogP contribution in [0.2, 0.25) is 0 Å². The summed E-state index contributed by atoms with van der Waals surface area (Å²) in [5, 5.41) is 14.5. The summed E-state index contributed by atoms with van der Waals surface area (Å²) in [5.74, 6) is -0.113. The number of piperazine rings is 2. The molecule has 0 bridgehead atoms. The van der Waals surface area contributed by atoms with E-state index in [0.29, 0.717) is 25.7 Å². The molecule has 202 valence electrons. The van der Waals surface area contributed by atoms with Gasteiger partial charge in [0.2, 0.25) is 5.91 Å². The van der Waals surface area contributed by atoms with Crippen LogP contribution in [0.1, 0.15) is 19.4 Å². The van der Waals surface area contributed by atoms with E-state index >= 15 is 0 Å². The fourth-order valence-corrected chi connectivity index (χ4v) is 6.93. The highest BCUT2D eigenvalue weighted by atomic mass is 32.2. The van der Waals surface area contributed by atoms with Crippen molar-refractivity contribution in [2.75, 3.05) is 37.6 Å². The molecule has 2 N–H and O–H groups in total. The molecule has 0 radical (unpaired) electrons. The van der Waals surface area contributed by atoms with E-state index in [1.807, 2.05) is 22.8 Å². The topological polar surface area (TPSA) is 93.2 Å². The Morgan fingerprint density at radius 2 is 1.86 bits per heavy atom. The first-order chi connectivity index (χ1) is 17.3. The van der Waals surface area contributed by atoms with Gasteiger partial charge in [0.25, 0.3) is 10.0 Å². The monoisotopic (exact) mass is 558 g/mol. The van der Waals surface area contributed by atoms with E-state index in [1.165, 1.54) is 28.6 Å². The van der Waals surface area contributed by atoms with Crippen molar-refractivity contribution in [3.63, 3.8) is 0 Å². The highest BCUT2D eigenvalue weighted by Crippen LogP contribution is 2.39. The molecule has 1 aromatic heterocycles. The molecular formula is C24H29F3N4O4S2. The van der Waals surface area contributed by atoms with Crippen LogP contribution in [0.15, 0.2) is 58.3 Å². The van der Waals surface area contributed by atoms with Crippen LogP contribution >= 0.6 is 11.3 Å². The Morgan fingerprint density at radius 3 is 2.49 bits per heavy atom. The average molecular weight is 559 g/mol. The Kier molecular flexibility index (Phi) is 7.62. The van der Waals surface area contributed by atoms with Gasteiger partial charge in [0, 0.05) is 37.9 Å². The number of thiophene rings is 1. The third-order valence-electron chi connectivity index (χ3n) is 6.77. The maximum Gasteiger partial charge on any atom is 0.421 e. The van der Waals surface area contributed by atoms with E-state index in [2.05, 4.69) is 5.32 Å². The number of anilines is 1. The molecule has 4 rings (SSSR count). The van der Waals surface area contributed by atoms with Gasteiger partial charge in [-0.25, -0.2) is 8.42 Å². The maximum absolute atomic E-state index is 13.3. The molecule has 1 amide bonds. The smallest absolute Gasteiger partial charge is 0.376 e. The summed E-state index contributed by atoms with van der Waals surface area (Å²) in [6, 6.07) is 8.27. The van der Waals surface area contributed by atoms with E-state index in [1.54, 1.807) is 23.7 Å². The van der Waals surface area contributed by atoms with E-state index in [-0.39, 0.29) is 41.4 Å². The molecule has 2 fully saturated rings. The zero-order chi connectivity index (χ0) is 27.0. The Balaban J connectivity index is 1.62. The van der Waals surface area contributed by atoms with Gasteiger partial charge in [-0.3, -0.25) is 4.79 Å². The first-order valence-corrected chi connectivity index (χ1v) is 14.0. The van der Waals surface area contributed by atoms with Gasteiger partial charge in [-0.2, -0.15) is 17.5 Å². The highest BCUT2D eigenvalue weighted by molar-refractivity contribution is 7.91. The molecule has 2 aromatic rings. The molecule has 0 saturated carbocycles. The van der Waals surface area contributed by atoms with Crippen molar-refractivity contribution >= 4 is 33.0 Å². The number of carbonyl (C=O) groups excluding carboxylic acids is 1. The van der Waals surface area contributed by atoms with Crippen molar-refractivity contribution in [1.82, 2.24) is 14.5 Å². The predicted molar refractivity (Wildman–Crippen MR) is 135 cm³/mol. The molecule has 0 unspecified atom stereocenters. The minimum atomic E-state index is -4.83. The largest absolute Gasteiger partial charge is 0.421 e. The number of halogens is 3. The summed E-state index contributed by atoms with van der Waals surface area (Å²) >= 11 is 1.13. The number of sulfonamides is 1. The number of aliphatic hydroxyl groups is 1. The number of benzene rings is 1. The number of amides is 1. The Labute approximate surface area is 218 Å². The lowest BCUT2D eigenvalue weighted by Crippen LogP contribution is -2.54. The molecule has 0 spiro atoms. The third-order valence-corrected chi connectivity index (χ3v) is 10.0. The summed E-state index contributed by atoms with van der Waals surface area (Å²) in [6.45, 7) is 3.92. The van der Waals surface area contributed by atoms with Crippen LogP contribution in [-0.4, -0.2) is 79.6 Å². The van der Waals surface area contributed by atoms with E-state index in [0.717, 1.165) is 11.3 Å². The first-order valence-electron chi connectivity index (χ1n) is 11.7. The number of nitrogens with one attached hydrogen (secondary N) is 1. The normalized spacial score (nSPS) is 23.8. The Bertz CT molecular complexity index is 1230. The molecule has 3 heterocycles. The van der Waals surface area contributed by atoms with E-state index in [9.17, 15) is 31.5 Å². The lowest BCUT2D eigenvalue weighted by molar-refractivity contribution is -0.258. The van der Waals surface area contributed by atoms with Gasteiger partial charge < -0.3 is 20.2 Å². The van der Waals surface area contributed by atoms with Crippen molar-refractivity contribution < 1.29 is 31.5 Å². The Hall–Kier alpha value is -2.61. The lowest BCUT2D eigenvalue weighted by atomic mass is 9.95. The zero-order valence-electron chi connectivity index (χ0n) is 20.4. The lowest BCUT2D eigenvalue weighted by Gasteiger charge is -2.41. The van der Waals surface area contributed by atoms with Crippen molar-refractivity contribution in [3.05, 3.63) is 59.6 Å². The van der Waals surface area contributed by atoms with Crippen LogP contribution in [0.5, 0.6) is 0 Å². The maximum atomic E-state index is 13.3. The molecule has 37 heavy (non-hydrogen) atoms. The van der Waals surface area contributed by atoms with Gasteiger partial charge in [0.15, 0.2) is 5.60 Å². The van der Waals surface area contributed by atoms with Crippen LogP contribution in [0.25, 0.3) is 0 Å².